The smallest absolute Gasteiger partial charge is 0.335 e. The zero-order chi connectivity index (χ0) is 21.8. The molecule has 1 saturated heterocycles. The van der Waals surface area contributed by atoms with Crippen LogP contribution in [0.4, 0.5) is 5.69 Å². The maximum absolute atomic E-state index is 12.6. The van der Waals surface area contributed by atoms with Crippen LogP contribution in [0, 0.1) is 12.3 Å². The maximum atomic E-state index is 12.6. The lowest BCUT2D eigenvalue weighted by molar-refractivity contribution is -0.115. The number of terminal acetylenes is 1. The lowest BCUT2D eigenvalue weighted by Crippen LogP contribution is -2.19. The molecule has 7 heteroatoms. The Bertz CT molecular complexity index is 1300. The number of hydrogen-bond donors (Lipinski definition) is 2. The average Bonchev–Trinajstić information content (AvgIpc) is 3.11. The van der Waals surface area contributed by atoms with Gasteiger partial charge in [0.1, 0.15) is 12.4 Å². The molecule has 2 N–H and O–H groups in total. The van der Waals surface area contributed by atoms with Crippen LogP contribution in [0.2, 0.25) is 0 Å². The van der Waals surface area contributed by atoms with Gasteiger partial charge in [-0.3, -0.25) is 4.79 Å². The highest BCUT2D eigenvalue weighted by Gasteiger charge is 2.25. The first-order valence-corrected chi connectivity index (χ1v) is 10.1. The highest BCUT2D eigenvalue weighted by molar-refractivity contribution is 8.18. The molecule has 0 aromatic heterocycles. The van der Waals surface area contributed by atoms with Gasteiger partial charge < -0.3 is 15.2 Å². The number of ether oxygens (including phenoxy) is 1. The second-order valence-electron chi connectivity index (χ2n) is 6.53. The first-order chi connectivity index (χ1) is 15.0. The Morgan fingerprint density at radius 3 is 2.84 bits per heavy atom. The Kier molecular flexibility index (Phi) is 5.74. The second kappa shape index (κ2) is 8.78. The Labute approximate surface area is 182 Å². The van der Waals surface area contributed by atoms with Crippen molar-refractivity contribution in [2.75, 3.05) is 6.61 Å². The fourth-order valence-corrected chi connectivity index (χ4v) is 3.93. The molecular formula is C24H16N2O4S. The molecule has 3 aromatic carbocycles. The van der Waals surface area contributed by atoms with Crippen LogP contribution in [-0.2, 0) is 4.79 Å². The molecule has 6 nitrogen and oxygen atoms in total. The van der Waals surface area contributed by atoms with Gasteiger partial charge in [-0.1, -0.05) is 42.3 Å². The molecule has 1 heterocycles. The van der Waals surface area contributed by atoms with Gasteiger partial charge in [-0.05, 0) is 52.9 Å². The fraction of sp³-hybridized carbons (Fsp3) is 0.0417. The number of hydrogen-bond acceptors (Lipinski definition) is 5. The fourth-order valence-electron chi connectivity index (χ4n) is 3.11. The molecule has 4 rings (SSSR count). The van der Waals surface area contributed by atoms with Gasteiger partial charge in [0.15, 0.2) is 5.17 Å². The van der Waals surface area contributed by atoms with Crippen LogP contribution >= 0.6 is 11.8 Å². The van der Waals surface area contributed by atoms with Gasteiger partial charge in [-0.2, -0.15) is 0 Å². The lowest BCUT2D eigenvalue weighted by atomic mass is 10.0. The Balaban J connectivity index is 1.71. The monoisotopic (exact) mass is 428 g/mol. The molecule has 1 aliphatic rings. The van der Waals surface area contributed by atoms with E-state index in [2.05, 4.69) is 16.2 Å². The summed E-state index contributed by atoms with van der Waals surface area (Å²) in [6.45, 7) is 0.112. The summed E-state index contributed by atoms with van der Waals surface area (Å²) in [5.74, 6) is 1.70. The SMILES string of the molecule is C#CCOc1ccc2ccccc2c1/C=C1\SC(=Nc2cccc(C(=O)O)c2)NC1=O. The van der Waals surface area contributed by atoms with Crippen molar-refractivity contribution in [1.29, 1.82) is 0 Å². The number of rotatable bonds is 5. The van der Waals surface area contributed by atoms with Crippen molar-refractivity contribution < 1.29 is 19.4 Å². The Morgan fingerprint density at radius 2 is 2.03 bits per heavy atom. The summed E-state index contributed by atoms with van der Waals surface area (Å²) in [5, 5.41) is 14.2. The van der Waals surface area contributed by atoms with Gasteiger partial charge >= 0.3 is 5.97 Å². The van der Waals surface area contributed by atoms with Crippen LogP contribution in [-0.4, -0.2) is 28.8 Å². The minimum absolute atomic E-state index is 0.112. The van der Waals surface area contributed by atoms with Crippen molar-refractivity contribution in [1.82, 2.24) is 5.32 Å². The van der Waals surface area contributed by atoms with E-state index in [0.29, 0.717) is 21.5 Å². The van der Waals surface area contributed by atoms with E-state index in [0.717, 1.165) is 16.3 Å². The molecule has 0 unspecified atom stereocenters. The van der Waals surface area contributed by atoms with Crippen molar-refractivity contribution in [2.24, 2.45) is 4.99 Å². The van der Waals surface area contributed by atoms with Crippen LogP contribution in [0.1, 0.15) is 15.9 Å². The molecular weight excluding hydrogens is 412 g/mol. The molecule has 31 heavy (non-hydrogen) atoms. The minimum atomic E-state index is -1.04. The normalized spacial score (nSPS) is 15.8. The summed E-state index contributed by atoms with van der Waals surface area (Å²) >= 11 is 1.17. The van der Waals surface area contributed by atoms with Crippen molar-refractivity contribution in [3.8, 4) is 18.1 Å². The van der Waals surface area contributed by atoms with E-state index >= 15 is 0 Å². The number of carbonyl (C=O) groups is 2. The van der Waals surface area contributed by atoms with Crippen molar-refractivity contribution in [3.63, 3.8) is 0 Å². The third-order valence-corrected chi connectivity index (χ3v) is 5.40. The van der Waals surface area contributed by atoms with Crippen LogP contribution < -0.4 is 10.1 Å². The largest absolute Gasteiger partial charge is 0.480 e. The summed E-state index contributed by atoms with van der Waals surface area (Å²) in [4.78, 5) is 28.5. The number of amidine groups is 1. The molecule has 152 valence electrons. The first kappa shape index (κ1) is 20.3. The first-order valence-electron chi connectivity index (χ1n) is 9.26. The summed E-state index contributed by atoms with van der Waals surface area (Å²) in [7, 11) is 0. The number of nitrogens with one attached hydrogen (secondary N) is 1. The van der Waals surface area contributed by atoms with E-state index in [-0.39, 0.29) is 18.1 Å². The Morgan fingerprint density at radius 1 is 1.19 bits per heavy atom. The number of nitrogens with zero attached hydrogens (tertiary/aromatic N) is 1. The molecule has 0 bridgehead atoms. The van der Waals surface area contributed by atoms with Crippen LogP contribution in [0.3, 0.4) is 0 Å². The van der Waals surface area contributed by atoms with Gasteiger partial charge in [0.25, 0.3) is 5.91 Å². The van der Waals surface area contributed by atoms with Gasteiger partial charge in [0, 0.05) is 5.56 Å². The van der Waals surface area contributed by atoms with Crippen LogP contribution in [0.15, 0.2) is 70.6 Å². The summed E-state index contributed by atoms with van der Waals surface area (Å²) < 4.78 is 5.69. The van der Waals surface area contributed by atoms with Gasteiger partial charge in [0.05, 0.1) is 16.2 Å². The number of carbonyl (C=O) groups excluding carboxylic acids is 1. The van der Waals surface area contributed by atoms with E-state index in [1.807, 2.05) is 36.4 Å². The molecule has 0 saturated carbocycles. The number of fused-ring (bicyclic) bond motifs is 1. The van der Waals surface area contributed by atoms with E-state index in [4.69, 9.17) is 16.3 Å². The number of aliphatic imine (C=N–C) groups is 1. The summed E-state index contributed by atoms with van der Waals surface area (Å²) in [5.41, 5.74) is 1.31. The standard InChI is InChI=1S/C24H16N2O4S/c1-2-12-30-20-11-10-15-6-3-4-9-18(15)19(20)14-21-22(27)26-24(31-21)25-17-8-5-7-16(13-17)23(28)29/h1,3-11,13-14H,12H2,(H,28,29)(H,25,26,27)/b21-14-. The second-order valence-corrected chi connectivity index (χ2v) is 7.56. The molecule has 3 aromatic rings. The number of carboxylic acid groups (broad SMARTS) is 1. The third kappa shape index (κ3) is 4.44. The zero-order valence-corrected chi connectivity index (χ0v) is 17.0. The van der Waals surface area contributed by atoms with Crippen molar-refractivity contribution in [2.45, 2.75) is 0 Å². The Hall–Kier alpha value is -4.02. The molecule has 1 aliphatic heterocycles. The van der Waals surface area contributed by atoms with E-state index < -0.39 is 5.97 Å². The number of carboxylic acids is 1. The summed E-state index contributed by atoms with van der Waals surface area (Å²) in [6.07, 6.45) is 7.09. The quantitative estimate of drug-likeness (QED) is 0.463. The molecule has 1 amide bonds. The zero-order valence-electron chi connectivity index (χ0n) is 16.2. The van der Waals surface area contributed by atoms with E-state index in [1.54, 1.807) is 18.2 Å². The third-order valence-electron chi connectivity index (χ3n) is 4.49. The van der Waals surface area contributed by atoms with Gasteiger partial charge in [-0.15, -0.1) is 6.42 Å². The highest BCUT2D eigenvalue weighted by atomic mass is 32.2. The predicted molar refractivity (Wildman–Crippen MR) is 122 cm³/mol. The molecule has 1 fully saturated rings. The lowest BCUT2D eigenvalue weighted by Gasteiger charge is -2.10. The number of benzene rings is 3. The van der Waals surface area contributed by atoms with Crippen LogP contribution in [0.5, 0.6) is 5.75 Å². The molecule has 0 aliphatic carbocycles. The highest BCUT2D eigenvalue weighted by Crippen LogP contribution is 2.34. The molecule has 0 radical (unpaired) electrons. The average molecular weight is 428 g/mol. The predicted octanol–water partition coefficient (Wildman–Crippen LogP) is 4.44. The van der Waals surface area contributed by atoms with Crippen molar-refractivity contribution >= 4 is 51.3 Å². The number of aromatic carboxylic acids is 1. The van der Waals surface area contributed by atoms with E-state index in [1.165, 1.54) is 23.9 Å². The van der Waals surface area contributed by atoms with Crippen molar-refractivity contribution in [3.05, 3.63) is 76.7 Å². The summed E-state index contributed by atoms with van der Waals surface area (Å²) in [6, 6.07) is 17.8. The van der Waals surface area contributed by atoms with E-state index in [9.17, 15) is 9.59 Å². The number of thioether (sulfide) groups is 1. The van der Waals surface area contributed by atoms with Gasteiger partial charge in [0.2, 0.25) is 0 Å². The minimum Gasteiger partial charge on any atom is -0.480 e. The maximum Gasteiger partial charge on any atom is 0.335 e. The van der Waals surface area contributed by atoms with Crippen LogP contribution in [0.25, 0.3) is 16.8 Å². The topological polar surface area (TPSA) is 88.0 Å². The number of amides is 1. The van der Waals surface area contributed by atoms with Gasteiger partial charge in [-0.25, -0.2) is 9.79 Å². The molecule has 0 atom stereocenters. The molecule has 0 spiro atoms.